The van der Waals surface area contributed by atoms with Crippen LogP contribution in [0.2, 0.25) is 0 Å². The van der Waals surface area contributed by atoms with E-state index in [0.717, 1.165) is 18.9 Å². The van der Waals surface area contributed by atoms with E-state index in [2.05, 4.69) is 4.98 Å². The molecule has 0 bridgehead atoms. The quantitative estimate of drug-likeness (QED) is 0.807. The van der Waals surface area contributed by atoms with Crippen LogP contribution in [-0.4, -0.2) is 37.6 Å². The maximum atomic E-state index is 13.3. The number of likely N-dealkylation sites (tertiary alicyclic amines) is 1. The summed E-state index contributed by atoms with van der Waals surface area (Å²) < 4.78 is 41.2. The van der Waals surface area contributed by atoms with Crippen LogP contribution in [-0.2, 0) is 12.6 Å². The Morgan fingerprint density at radius 1 is 1.30 bits per heavy atom. The zero-order valence-corrected chi connectivity index (χ0v) is 15.7. The first-order chi connectivity index (χ1) is 12.5. The molecule has 0 aromatic carbocycles. The van der Waals surface area contributed by atoms with Gasteiger partial charge in [0.1, 0.15) is 5.65 Å². The second-order valence-electron chi connectivity index (χ2n) is 8.23. The van der Waals surface area contributed by atoms with E-state index in [1.54, 1.807) is 6.20 Å². The Hall–Kier alpha value is -2.25. The van der Waals surface area contributed by atoms with Crippen LogP contribution in [0.3, 0.4) is 0 Å². The average molecular weight is 383 g/mol. The molecular formula is C19H24F3N3O2. The lowest BCUT2D eigenvalue weighted by Crippen LogP contribution is -2.62. The number of carboxylic acid groups (broad SMARTS) is 1. The van der Waals surface area contributed by atoms with Gasteiger partial charge in [-0.3, -0.25) is 0 Å². The fourth-order valence-corrected chi connectivity index (χ4v) is 4.21. The standard InChI is InChI=1S/C19H24F3N3O2/c1-17(2,3)18(8-4-5-10-25(18)16(26)27)11-13-12-24-9-6-7-14(15(24)23-13)19(20,21)22/h6-7,9,12H,4-5,8,10-11H2,1-3H3,(H,26,27)/t18-/m0/s1. The molecule has 1 saturated heterocycles. The third-order valence-electron chi connectivity index (χ3n) is 5.68. The van der Waals surface area contributed by atoms with Crippen molar-refractivity contribution in [3.8, 4) is 0 Å². The van der Waals surface area contributed by atoms with Gasteiger partial charge < -0.3 is 14.4 Å². The third-order valence-corrected chi connectivity index (χ3v) is 5.68. The second-order valence-corrected chi connectivity index (χ2v) is 8.23. The van der Waals surface area contributed by atoms with E-state index in [-0.39, 0.29) is 12.1 Å². The molecule has 0 saturated carbocycles. The van der Waals surface area contributed by atoms with E-state index in [9.17, 15) is 23.1 Å². The molecule has 1 aliphatic rings. The number of carbonyl (C=O) groups is 1. The van der Waals surface area contributed by atoms with Gasteiger partial charge in [0.05, 0.1) is 16.8 Å². The molecule has 3 heterocycles. The number of amides is 1. The first kappa shape index (κ1) is 19.5. The maximum absolute atomic E-state index is 13.3. The van der Waals surface area contributed by atoms with Gasteiger partial charge in [0.25, 0.3) is 0 Å². The number of alkyl halides is 3. The smallest absolute Gasteiger partial charge is 0.419 e. The summed E-state index contributed by atoms with van der Waals surface area (Å²) in [6.45, 7) is 6.36. The van der Waals surface area contributed by atoms with E-state index < -0.39 is 28.8 Å². The number of halogens is 3. The molecule has 1 atom stereocenters. The summed E-state index contributed by atoms with van der Waals surface area (Å²) in [6, 6.07) is 2.35. The van der Waals surface area contributed by atoms with Crippen molar-refractivity contribution in [2.75, 3.05) is 6.54 Å². The number of fused-ring (bicyclic) bond motifs is 1. The van der Waals surface area contributed by atoms with Crippen molar-refractivity contribution in [3.63, 3.8) is 0 Å². The minimum atomic E-state index is -4.50. The molecular weight excluding hydrogens is 359 g/mol. The zero-order valence-electron chi connectivity index (χ0n) is 15.7. The molecule has 27 heavy (non-hydrogen) atoms. The number of hydrogen-bond donors (Lipinski definition) is 1. The highest BCUT2D eigenvalue weighted by Gasteiger charge is 2.50. The highest BCUT2D eigenvalue weighted by atomic mass is 19.4. The molecule has 0 radical (unpaired) electrons. The van der Waals surface area contributed by atoms with Crippen LogP contribution in [0.15, 0.2) is 24.5 Å². The Bertz CT molecular complexity index is 854. The Labute approximate surface area is 155 Å². The van der Waals surface area contributed by atoms with Crippen LogP contribution in [0.4, 0.5) is 18.0 Å². The first-order valence-corrected chi connectivity index (χ1v) is 9.00. The molecule has 0 aliphatic carbocycles. The van der Waals surface area contributed by atoms with Crippen LogP contribution in [0, 0.1) is 5.41 Å². The monoisotopic (exact) mass is 383 g/mol. The normalized spacial score (nSPS) is 21.6. The maximum Gasteiger partial charge on any atom is 0.419 e. The lowest BCUT2D eigenvalue weighted by molar-refractivity contribution is -0.136. The molecule has 1 amide bonds. The zero-order chi connectivity index (χ0) is 20.0. The summed E-state index contributed by atoms with van der Waals surface area (Å²) in [5.74, 6) is 0. The van der Waals surface area contributed by atoms with Crippen molar-refractivity contribution in [1.29, 1.82) is 0 Å². The number of imidazole rings is 1. The van der Waals surface area contributed by atoms with Gasteiger partial charge in [0, 0.05) is 25.4 Å². The van der Waals surface area contributed by atoms with Crippen molar-refractivity contribution in [2.45, 2.75) is 58.2 Å². The Balaban J connectivity index is 2.09. The summed E-state index contributed by atoms with van der Waals surface area (Å²) in [4.78, 5) is 17.6. The summed E-state index contributed by atoms with van der Waals surface area (Å²) in [5, 5.41) is 9.76. The SMILES string of the molecule is CC(C)(C)[C@@]1(Cc2cn3cccc(C(F)(F)F)c3n2)CCCCN1C(=O)O. The van der Waals surface area contributed by atoms with Crippen LogP contribution >= 0.6 is 0 Å². The second kappa shape index (κ2) is 6.42. The van der Waals surface area contributed by atoms with Crippen molar-refractivity contribution in [3.05, 3.63) is 35.8 Å². The minimum Gasteiger partial charge on any atom is -0.465 e. The third kappa shape index (κ3) is 3.37. The number of pyridine rings is 1. The van der Waals surface area contributed by atoms with E-state index in [1.165, 1.54) is 21.6 Å². The molecule has 0 spiro atoms. The molecule has 1 fully saturated rings. The van der Waals surface area contributed by atoms with E-state index in [1.807, 2.05) is 20.8 Å². The van der Waals surface area contributed by atoms with Crippen molar-refractivity contribution in [2.24, 2.45) is 5.41 Å². The summed E-state index contributed by atoms with van der Waals surface area (Å²) in [7, 11) is 0. The number of rotatable bonds is 2. The van der Waals surface area contributed by atoms with Gasteiger partial charge in [-0.05, 0) is 36.8 Å². The van der Waals surface area contributed by atoms with Gasteiger partial charge >= 0.3 is 12.3 Å². The van der Waals surface area contributed by atoms with Gasteiger partial charge in [0.15, 0.2) is 0 Å². The molecule has 3 rings (SSSR count). The predicted octanol–water partition coefficient (Wildman–Crippen LogP) is 4.84. The summed E-state index contributed by atoms with van der Waals surface area (Å²) in [6.07, 6.45) is 0.211. The highest BCUT2D eigenvalue weighted by Crippen LogP contribution is 2.45. The van der Waals surface area contributed by atoms with Gasteiger partial charge in [-0.2, -0.15) is 13.2 Å². The van der Waals surface area contributed by atoms with E-state index >= 15 is 0 Å². The Morgan fingerprint density at radius 2 is 2.00 bits per heavy atom. The Kier molecular flexibility index (Phi) is 4.64. The molecule has 2 aromatic rings. The van der Waals surface area contributed by atoms with Crippen molar-refractivity contribution < 1.29 is 23.1 Å². The fourth-order valence-electron chi connectivity index (χ4n) is 4.21. The first-order valence-electron chi connectivity index (χ1n) is 9.00. The van der Waals surface area contributed by atoms with Gasteiger partial charge in [-0.15, -0.1) is 0 Å². The number of piperidine rings is 1. The summed E-state index contributed by atoms with van der Waals surface area (Å²) >= 11 is 0. The molecule has 0 unspecified atom stereocenters. The molecule has 5 nitrogen and oxygen atoms in total. The molecule has 1 aliphatic heterocycles. The molecule has 148 valence electrons. The number of nitrogens with zero attached hydrogens (tertiary/aromatic N) is 3. The average Bonchev–Trinajstić information content (AvgIpc) is 2.94. The topological polar surface area (TPSA) is 57.8 Å². The van der Waals surface area contributed by atoms with Crippen molar-refractivity contribution >= 4 is 11.7 Å². The lowest BCUT2D eigenvalue weighted by atomic mass is 9.65. The number of aromatic nitrogens is 2. The molecule has 2 aromatic heterocycles. The van der Waals surface area contributed by atoms with Gasteiger partial charge in [-0.1, -0.05) is 20.8 Å². The molecule has 8 heteroatoms. The van der Waals surface area contributed by atoms with Crippen LogP contribution in [0.25, 0.3) is 5.65 Å². The lowest BCUT2D eigenvalue weighted by Gasteiger charge is -2.53. The Morgan fingerprint density at radius 3 is 2.59 bits per heavy atom. The van der Waals surface area contributed by atoms with E-state index in [0.29, 0.717) is 18.7 Å². The minimum absolute atomic E-state index is 0.151. The van der Waals surface area contributed by atoms with Gasteiger partial charge in [-0.25, -0.2) is 9.78 Å². The molecule has 1 N–H and O–H groups in total. The van der Waals surface area contributed by atoms with Crippen LogP contribution < -0.4 is 0 Å². The largest absolute Gasteiger partial charge is 0.465 e. The van der Waals surface area contributed by atoms with E-state index in [4.69, 9.17) is 0 Å². The van der Waals surface area contributed by atoms with Crippen LogP contribution in [0.1, 0.15) is 51.3 Å². The highest BCUT2D eigenvalue weighted by molar-refractivity contribution is 5.66. The van der Waals surface area contributed by atoms with Crippen LogP contribution in [0.5, 0.6) is 0 Å². The number of hydrogen-bond acceptors (Lipinski definition) is 2. The van der Waals surface area contributed by atoms with Gasteiger partial charge in [0.2, 0.25) is 0 Å². The summed E-state index contributed by atoms with van der Waals surface area (Å²) in [5.41, 5.74) is -1.58. The van der Waals surface area contributed by atoms with Crippen molar-refractivity contribution in [1.82, 2.24) is 14.3 Å². The fraction of sp³-hybridized carbons (Fsp3) is 0.579. The predicted molar refractivity (Wildman–Crippen MR) is 94.7 cm³/mol.